The molecule has 0 aliphatic carbocycles. The lowest BCUT2D eigenvalue weighted by atomic mass is 9.79. The van der Waals surface area contributed by atoms with E-state index in [0.717, 1.165) is 29.4 Å². The van der Waals surface area contributed by atoms with E-state index >= 15 is 0 Å². The SMILES string of the molecule is O=C1CC2(CCCN(c3cnc4cnn(CC(F)F)c4n3)C2)CN1c1cc(C(F)(F)F)ccn1. The van der Waals surface area contributed by atoms with Crippen molar-refractivity contribution < 1.29 is 26.7 Å². The first-order valence-corrected chi connectivity index (χ1v) is 10.7. The van der Waals surface area contributed by atoms with Crippen molar-refractivity contribution in [3.05, 3.63) is 36.3 Å². The molecule has 0 radical (unpaired) electrons. The van der Waals surface area contributed by atoms with Gasteiger partial charge in [0.05, 0.1) is 18.0 Å². The Morgan fingerprint density at radius 2 is 1.94 bits per heavy atom. The molecular weight excluding hydrogens is 461 g/mol. The van der Waals surface area contributed by atoms with Crippen LogP contribution in [0.15, 0.2) is 30.7 Å². The highest BCUT2D eigenvalue weighted by Gasteiger charge is 2.47. The van der Waals surface area contributed by atoms with Crippen LogP contribution in [0.25, 0.3) is 11.2 Å². The number of fused-ring (bicyclic) bond motifs is 1. The first-order valence-electron chi connectivity index (χ1n) is 10.7. The predicted octanol–water partition coefficient (Wildman–Crippen LogP) is 3.53. The standard InChI is InChI=1S/C21H20F5N7O/c22-15(23)10-33-19-14(8-29-33)28-9-17(30-19)31-5-1-3-20(11-31)7-18(34)32(12-20)16-6-13(2-4-27-16)21(24,25)26/h2,4,6,8-9,15H,1,3,5,7,10-12H2. The summed E-state index contributed by atoms with van der Waals surface area (Å²) in [5.41, 5.74) is -0.713. The van der Waals surface area contributed by atoms with E-state index in [-0.39, 0.29) is 30.3 Å². The van der Waals surface area contributed by atoms with Gasteiger partial charge in [0, 0.05) is 37.7 Å². The van der Waals surface area contributed by atoms with Crippen molar-refractivity contribution in [1.29, 1.82) is 0 Å². The van der Waals surface area contributed by atoms with Crippen molar-refractivity contribution in [2.24, 2.45) is 5.41 Å². The van der Waals surface area contributed by atoms with Gasteiger partial charge in [-0.2, -0.15) is 18.3 Å². The maximum atomic E-state index is 13.1. The Morgan fingerprint density at radius 3 is 2.71 bits per heavy atom. The van der Waals surface area contributed by atoms with Gasteiger partial charge in [0.15, 0.2) is 5.65 Å². The van der Waals surface area contributed by atoms with E-state index in [2.05, 4.69) is 20.1 Å². The lowest BCUT2D eigenvalue weighted by Crippen LogP contribution is -2.45. The van der Waals surface area contributed by atoms with Gasteiger partial charge in [0.2, 0.25) is 5.91 Å². The lowest BCUT2D eigenvalue weighted by Gasteiger charge is -2.40. The third-order valence-electron chi connectivity index (χ3n) is 6.30. The van der Waals surface area contributed by atoms with Crippen LogP contribution in [0.3, 0.4) is 0 Å². The molecule has 1 unspecified atom stereocenters. The van der Waals surface area contributed by atoms with E-state index in [0.29, 0.717) is 30.8 Å². The second-order valence-corrected chi connectivity index (χ2v) is 8.74. The van der Waals surface area contributed by atoms with Gasteiger partial charge in [-0.25, -0.2) is 28.4 Å². The van der Waals surface area contributed by atoms with Gasteiger partial charge in [-0.1, -0.05) is 0 Å². The summed E-state index contributed by atoms with van der Waals surface area (Å²) in [5.74, 6) is 0.168. The molecule has 2 aliphatic rings. The largest absolute Gasteiger partial charge is 0.416 e. The van der Waals surface area contributed by atoms with Crippen LogP contribution in [0, 0.1) is 5.41 Å². The van der Waals surface area contributed by atoms with Crippen LogP contribution in [-0.2, 0) is 17.5 Å². The first kappa shape index (κ1) is 22.4. The minimum atomic E-state index is -4.53. The topological polar surface area (TPSA) is 80.0 Å². The van der Waals surface area contributed by atoms with Crippen molar-refractivity contribution in [2.45, 2.75) is 38.4 Å². The van der Waals surface area contributed by atoms with Crippen LogP contribution in [0.2, 0.25) is 0 Å². The molecule has 0 N–H and O–H groups in total. The van der Waals surface area contributed by atoms with Gasteiger partial charge in [-0.05, 0) is 25.0 Å². The molecule has 5 rings (SSSR count). The molecule has 1 spiro atoms. The fraction of sp³-hybridized carbons (Fsp3) is 0.476. The monoisotopic (exact) mass is 481 g/mol. The number of rotatable bonds is 4. The molecule has 5 heterocycles. The molecule has 1 atom stereocenters. The molecule has 2 saturated heterocycles. The van der Waals surface area contributed by atoms with Crippen LogP contribution < -0.4 is 9.80 Å². The third kappa shape index (κ3) is 4.14. The second kappa shape index (κ2) is 8.13. The highest BCUT2D eigenvalue weighted by atomic mass is 19.4. The number of hydrogen-bond donors (Lipinski definition) is 0. The van der Waals surface area contributed by atoms with E-state index < -0.39 is 30.1 Å². The number of pyridine rings is 1. The molecule has 8 nitrogen and oxygen atoms in total. The number of amides is 1. The molecule has 3 aromatic heterocycles. The molecule has 0 bridgehead atoms. The average molecular weight is 481 g/mol. The number of piperidine rings is 1. The predicted molar refractivity (Wildman–Crippen MR) is 111 cm³/mol. The molecule has 34 heavy (non-hydrogen) atoms. The molecule has 3 aromatic rings. The normalized spacial score (nSPS) is 21.4. The van der Waals surface area contributed by atoms with Crippen molar-refractivity contribution in [1.82, 2.24) is 24.7 Å². The van der Waals surface area contributed by atoms with E-state index in [9.17, 15) is 26.7 Å². The zero-order valence-corrected chi connectivity index (χ0v) is 17.8. The minimum Gasteiger partial charge on any atom is -0.355 e. The zero-order valence-electron chi connectivity index (χ0n) is 17.8. The van der Waals surface area contributed by atoms with Crippen LogP contribution >= 0.6 is 0 Å². The number of carbonyl (C=O) groups excluding carboxylic acids is 1. The summed E-state index contributed by atoms with van der Waals surface area (Å²) >= 11 is 0. The summed E-state index contributed by atoms with van der Waals surface area (Å²) in [4.78, 5) is 28.8. The summed E-state index contributed by atoms with van der Waals surface area (Å²) in [6.07, 6.45) is -1.55. The molecule has 2 fully saturated rings. The number of nitrogens with zero attached hydrogens (tertiary/aromatic N) is 7. The van der Waals surface area contributed by atoms with E-state index in [1.807, 2.05) is 4.90 Å². The smallest absolute Gasteiger partial charge is 0.355 e. The van der Waals surface area contributed by atoms with Gasteiger partial charge in [0.1, 0.15) is 23.7 Å². The van der Waals surface area contributed by atoms with E-state index in [4.69, 9.17) is 0 Å². The summed E-state index contributed by atoms with van der Waals surface area (Å²) in [6.45, 7) is 0.687. The van der Waals surface area contributed by atoms with Crippen molar-refractivity contribution >= 4 is 28.7 Å². The van der Waals surface area contributed by atoms with E-state index in [1.54, 1.807) is 6.20 Å². The molecule has 2 aliphatic heterocycles. The molecule has 0 saturated carbocycles. The number of anilines is 2. The van der Waals surface area contributed by atoms with Crippen LogP contribution in [0.5, 0.6) is 0 Å². The minimum absolute atomic E-state index is 0.0223. The number of aromatic nitrogens is 5. The van der Waals surface area contributed by atoms with Crippen molar-refractivity contribution in [3.8, 4) is 0 Å². The van der Waals surface area contributed by atoms with Gasteiger partial charge in [-0.3, -0.25) is 9.69 Å². The van der Waals surface area contributed by atoms with Crippen LogP contribution in [0.4, 0.5) is 33.6 Å². The van der Waals surface area contributed by atoms with Crippen LogP contribution in [-0.4, -0.2) is 56.7 Å². The van der Waals surface area contributed by atoms with Gasteiger partial charge in [-0.15, -0.1) is 0 Å². The quantitative estimate of drug-likeness (QED) is 0.531. The van der Waals surface area contributed by atoms with Crippen LogP contribution in [0.1, 0.15) is 24.8 Å². The van der Waals surface area contributed by atoms with Crippen molar-refractivity contribution in [2.75, 3.05) is 29.4 Å². The fourth-order valence-corrected chi connectivity index (χ4v) is 4.78. The Hall–Kier alpha value is -3.38. The number of alkyl halides is 5. The highest BCUT2D eigenvalue weighted by Crippen LogP contribution is 2.42. The lowest BCUT2D eigenvalue weighted by molar-refractivity contribution is -0.137. The average Bonchev–Trinajstić information content (AvgIpc) is 3.33. The Labute approximate surface area is 190 Å². The Bertz CT molecular complexity index is 1230. The number of carbonyl (C=O) groups is 1. The summed E-state index contributed by atoms with van der Waals surface area (Å²) in [6, 6.07) is 1.76. The van der Waals surface area contributed by atoms with E-state index in [1.165, 1.54) is 11.1 Å². The molecular formula is C21H20F5N7O. The molecule has 13 heteroatoms. The first-order chi connectivity index (χ1) is 16.1. The number of hydrogen-bond acceptors (Lipinski definition) is 6. The maximum absolute atomic E-state index is 13.1. The number of halogens is 5. The van der Waals surface area contributed by atoms with Gasteiger partial charge in [0.25, 0.3) is 6.43 Å². The molecule has 180 valence electrons. The summed E-state index contributed by atoms with van der Waals surface area (Å²) < 4.78 is 66.2. The highest BCUT2D eigenvalue weighted by molar-refractivity contribution is 5.95. The Balaban J connectivity index is 1.39. The third-order valence-corrected chi connectivity index (χ3v) is 6.30. The maximum Gasteiger partial charge on any atom is 0.416 e. The summed E-state index contributed by atoms with van der Waals surface area (Å²) in [5, 5.41) is 3.93. The fourth-order valence-electron chi connectivity index (χ4n) is 4.78. The van der Waals surface area contributed by atoms with Gasteiger partial charge < -0.3 is 4.90 Å². The Kier molecular flexibility index (Phi) is 5.36. The Morgan fingerprint density at radius 1 is 1.12 bits per heavy atom. The zero-order chi connectivity index (χ0) is 24.1. The molecule has 1 amide bonds. The van der Waals surface area contributed by atoms with Crippen molar-refractivity contribution in [3.63, 3.8) is 0 Å². The molecule has 0 aromatic carbocycles. The van der Waals surface area contributed by atoms with Gasteiger partial charge >= 0.3 is 6.18 Å². The second-order valence-electron chi connectivity index (χ2n) is 8.74. The summed E-state index contributed by atoms with van der Waals surface area (Å²) in [7, 11) is 0.